The van der Waals surface area contributed by atoms with Crippen LogP contribution in [0.25, 0.3) is 0 Å². The van der Waals surface area contributed by atoms with Crippen molar-refractivity contribution in [2.75, 3.05) is 0 Å². The highest BCUT2D eigenvalue weighted by molar-refractivity contribution is 5.93. The smallest absolute Gasteiger partial charge is 0.313 e. The van der Waals surface area contributed by atoms with Gasteiger partial charge in [-0.1, -0.05) is 31.2 Å². The van der Waals surface area contributed by atoms with Gasteiger partial charge in [-0.2, -0.15) is 0 Å². The number of carbonyl (C=O) groups is 1. The number of carbonyl (C=O) groups excluding carboxylic acids is 1. The van der Waals surface area contributed by atoms with Gasteiger partial charge in [0, 0.05) is 6.20 Å². The van der Waals surface area contributed by atoms with Gasteiger partial charge >= 0.3 is 5.69 Å². The number of benzene rings is 1. The van der Waals surface area contributed by atoms with Gasteiger partial charge in [0.05, 0.1) is 12.1 Å². The van der Waals surface area contributed by atoms with E-state index in [9.17, 15) is 14.4 Å². The predicted molar refractivity (Wildman–Crippen MR) is 76.2 cm³/mol. The second-order valence-electron chi connectivity index (χ2n) is 4.58. The fourth-order valence-electron chi connectivity index (χ4n) is 2.13. The van der Waals surface area contributed by atoms with E-state index in [4.69, 9.17) is 0 Å². The van der Waals surface area contributed by atoms with E-state index in [1.54, 1.807) is 0 Å². The van der Waals surface area contributed by atoms with Crippen LogP contribution >= 0.6 is 0 Å². The summed E-state index contributed by atoms with van der Waals surface area (Å²) in [5, 5.41) is 0. The monoisotopic (exact) mass is 272 g/mol. The molecule has 20 heavy (non-hydrogen) atoms. The van der Waals surface area contributed by atoms with Crippen molar-refractivity contribution in [1.29, 1.82) is 0 Å². The second kappa shape index (κ2) is 5.69. The van der Waals surface area contributed by atoms with E-state index in [-0.39, 0.29) is 17.9 Å². The van der Waals surface area contributed by atoms with Crippen molar-refractivity contribution in [3.8, 4) is 0 Å². The number of hydrogen-bond donors (Lipinski definition) is 1. The Morgan fingerprint density at radius 2 is 1.85 bits per heavy atom. The van der Waals surface area contributed by atoms with Crippen molar-refractivity contribution >= 4 is 5.78 Å². The number of H-pyrrole nitrogens is 1. The number of hydrogen-bond acceptors (Lipinski definition) is 3. The summed E-state index contributed by atoms with van der Waals surface area (Å²) in [6.07, 6.45) is 1.99. The van der Waals surface area contributed by atoms with Crippen LogP contribution in [0.3, 0.4) is 0 Å². The first-order chi connectivity index (χ1) is 9.54. The number of Topliss-reactive ketones (excluding diaryl/α,β-unsaturated/α-hetero) is 1. The van der Waals surface area contributed by atoms with Crippen LogP contribution in [0, 0.1) is 0 Å². The molecule has 1 N–H and O–H groups in total. The Kier molecular flexibility index (Phi) is 3.98. The predicted octanol–water partition coefficient (Wildman–Crippen LogP) is 1.35. The van der Waals surface area contributed by atoms with Gasteiger partial charge in [0.25, 0.3) is 5.56 Å². The summed E-state index contributed by atoms with van der Waals surface area (Å²) in [7, 11) is 0. The number of aromatic amines is 1. The van der Waals surface area contributed by atoms with Crippen LogP contribution in [0.15, 0.2) is 40.1 Å². The van der Waals surface area contributed by atoms with Gasteiger partial charge in [0.2, 0.25) is 0 Å². The van der Waals surface area contributed by atoms with E-state index < -0.39 is 11.2 Å². The minimum absolute atomic E-state index is 0.00132. The van der Waals surface area contributed by atoms with Crippen LogP contribution in [0.4, 0.5) is 0 Å². The van der Waals surface area contributed by atoms with E-state index in [2.05, 4.69) is 4.98 Å². The van der Waals surface area contributed by atoms with Crippen LogP contribution in [-0.2, 0) is 13.0 Å². The summed E-state index contributed by atoms with van der Waals surface area (Å²) in [5.41, 5.74) is 0.923. The Hall–Kier alpha value is -2.43. The second-order valence-corrected chi connectivity index (χ2v) is 4.58. The normalized spacial score (nSPS) is 10.5. The molecule has 1 aromatic heterocycles. The molecule has 0 aliphatic carbocycles. The molecule has 0 atom stereocenters. The third kappa shape index (κ3) is 2.61. The first kappa shape index (κ1) is 14.0. The molecule has 2 rings (SSSR count). The highest BCUT2D eigenvalue weighted by Crippen LogP contribution is 2.09. The minimum Gasteiger partial charge on any atom is -0.313 e. The summed E-state index contributed by atoms with van der Waals surface area (Å²) in [6.45, 7) is 3.48. The SMILES string of the molecule is CCc1ccccc1Cn1c(=O)[nH]cc(C(C)=O)c1=O. The highest BCUT2D eigenvalue weighted by Gasteiger charge is 2.12. The molecule has 0 bridgehead atoms. The van der Waals surface area contributed by atoms with E-state index in [0.717, 1.165) is 22.1 Å². The quantitative estimate of drug-likeness (QED) is 0.854. The fourth-order valence-corrected chi connectivity index (χ4v) is 2.13. The van der Waals surface area contributed by atoms with Crippen molar-refractivity contribution in [1.82, 2.24) is 9.55 Å². The molecule has 0 spiro atoms. The zero-order valence-electron chi connectivity index (χ0n) is 11.5. The molecule has 0 saturated heterocycles. The van der Waals surface area contributed by atoms with E-state index >= 15 is 0 Å². The highest BCUT2D eigenvalue weighted by atomic mass is 16.2. The Labute approximate surface area is 115 Å². The standard InChI is InChI=1S/C15H16N2O3/c1-3-11-6-4-5-7-12(11)9-17-14(19)13(10(2)18)8-16-15(17)20/h4-8H,3,9H2,1-2H3,(H,16,20). The van der Waals surface area contributed by atoms with Crippen LogP contribution < -0.4 is 11.2 Å². The molecule has 0 fully saturated rings. The van der Waals surface area contributed by atoms with E-state index in [1.807, 2.05) is 31.2 Å². The van der Waals surface area contributed by atoms with Crippen LogP contribution in [-0.4, -0.2) is 15.3 Å². The Morgan fingerprint density at radius 3 is 2.45 bits per heavy atom. The van der Waals surface area contributed by atoms with Crippen molar-refractivity contribution < 1.29 is 4.79 Å². The van der Waals surface area contributed by atoms with Crippen molar-refractivity contribution in [2.45, 2.75) is 26.8 Å². The molecule has 0 aliphatic rings. The summed E-state index contributed by atoms with van der Waals surface area (Å²) < 4.78 is 1.06. The van der Waals surface area contributed by atoms with Gasteiger partial charge in [-0.3, -0.25) is 14.2 Å². The lowest BCUT2D eigenvalue weighted by Crippen LogP contribution is -2.38. The molecular formula is C15H16N2O3. The molecule has 2 aromatic rings. The number of nitrogens with zero attached hydrogens (tertiary/aromatic N) is 1. The van der Waals surface area contributed by atoms with E-state index in [0.29, 0.717) is 0 Å². The van der Waals surface area contributed by atoms with Gasteiger partial charge in [0.15, 0.2) is 5.78 Å². The first-order valence-electron chi connectivity index (χ1n) is 6.44. The van der Waals surface area contributed by atoms with Crippen LogP contribution in [0.2, 0.25) is 0 Å². The Morgan fingerprint density at radius 1 is 1.20 bits per heavy atom. The Bertz CT molecular complexity index is 756. The third-order valence-corrected chi connectivity index (χ3v) is 3.27. The molecule has 5 heteroatoms. The van der Waals surface area contributed by atoms with Crippen LogP contribution in [0.1, 0.15) is 35.3 Å². The molecule has 0 saturated carbocycles. The van der Waals surface area contributed by atoms with Crippen molar-refractivity contribution in [2.24, 2.45) is 0 Å². The molecule has 1 heterocycles. The molecule has 0 amide bonds. The van der Waals surface area contributed by atoms with Gasteiger partial charge in [0.1, 0.15) is 0 Å². The molecule has 5 nitrogen and oxygen atoms in total. The third-order valence-electron chi connectivity index (χ3n) is 3.27. The largest absolute Gasteiger partial charge is 0.328 e. The summed E-state index contributed by atoms with van der Waals surface area (Å²) >= 11 is 0. The number of nitrogens with one attached hydrogen (secondary N) is 1. The lowest BCUT2D eigenvalue weighted by molar-refractivity contribution is 0.101. The minimum atomic E-state index is -0.549. The van der Waals surface area contributed by atoms with Gasteiger partial charge in [-0.25, -0.2) is 4.79 Å². The number of aryl methyl sites for hydroxylation is 1. The first-order valence-corrected chi connectivity index (χ1v) is 6.44. The zero-order chi connectivity index (χ0) is 14.7. The molecule has 0 unspecified atom stereocenters. The number of aromatic nitrogens is 2. The maximum absolute atomic E-state index is 12.2. The fraction of sp³-hybridized carbons (Fsp3) is 0.267. The lowest BCUT2D eigenvalue weighted by atomic mass is 10.1. The average molecular weight is 272 g/mol. The van der Waals surface area contributed by atoms with Gasteiger partial charge in [-0.15, -0.1) is 0 Å². The lowest BCUT2D eigenvalue weighted by Gasteiger charge is -2.09. The molecule has 0 aliphatic heterocycles. The molecular weight excluding hydrogens is 256 g/mol. The molecule has 104 valence electrons. The number of ketones is 1. The van der Waals surface area contributed by atoms with Crippen molar-refractivity contribution in [3.63, 3.8) is 0 Å². The van der Waals surface area contributed by atoms with Gasteiger partial charge < -0.3 is 4.98 Å². The summed E-state index contributed by atoms with van der Waals surface area (Å²) in [4.78, 5) is 37.8. The average Bonchev–Trinajstić information content (AvgIpc) is 2.43. The molecule has 1 aromatic carbocycles. The summed E-state index contributed by atoms with van der Waals surface area (Å²) in [6, 6.07) is 7.62. The summed E-state index contributed by atoms with van der Waals surface area (Å²) in [5.74, 6) is -0.358. The van der Waals surface area contributed by atoms with Crippen LogP contribution in [0.5, 0.6) is 0 Å². The molecule has 0 radical (unpaired) electrons. The Balaban J connectivity index is 2.54. The maximum atomic E-state index is 12.2. The maximum Gasteiger partial charge on any atom is 0.328 e. The van der Waals surface area contributed by atoms with Gasteiger partial charge in [-0.05, 0) is 24.5 Å². The van der Waals surface area contributed by atoms with Crippen molar-refractivity contribution in [3.05, 3.63) is 68.0 Å². The topological polar surface area (TPSA) is 71.9 Å². The van der Waals surface area contributed by atoms with E-state index in [1.165, 1.54) is 13.1 Å². The zero-order valence-corrected chi connectivity index (χ0v) is 11.5. The number of rotatable bonds is 4.